The highest BCUT2D eigenvalue weighted by Gasteiger charge is 2.09. The molecule has 1 N–H and O–H groups in total. The Morgan fingerprint density at radius 2 is 1.92 bits per heavy atom. The van der Waals surface area contributed by atoms with Crippen LogP contribution < -0.4 is 5.32 Å². The zero-order valence-electron chi connectivity index (χ0n) is 14.0. The van der Waals surface area contributed by atoms with E-state index in [-0.39, 0.29) is 12.5 Å². The highest BCUT2D eigenvalue weighted by Crippen LogP contribution is 2.16. The Hall–Kier alpha value is -2.73. The smallest absolute Gasteiger partial charge is 0.243 e. The summed E-state index contributed by atoms with van der Waals surface area (Å²) in [6.07, 6.45) is 0. The standard InChI is InChI=1S/C18H18ClN5O/c1-12-3-4-15(13(2)9-12)10-20-17(25)11-24-22-18(21-23-24)14-5-7-16(19)8-6-14/h3-9H,10-11H2,1-2H3,(H,20,25). The van der Waals surface area contributed by atoms with Gasteiger partial charge in [0.25, 0.3) is 0 Å². The lowest BCUT2D eigenvalue weighted by Crippen LogP contribution is -2.28. The predicted molar refractivity (Wildman–Crippen MR) is 96.0 cm³/mol. The Labute approximate surface area is 150 Å². The van der Waals surface area contributed by atoms with Crippen LogP contribution in [-0.4, -0.2) is 26.1 Å². The highest BCUT2D eigenvalue weighted by atomic mass is 35.5. The normalized spacial score (nSPS) is 10.7. The van der Waals surface area contributed by atoms with Crippen LogP contribution in [0.2, 0.25) is 5.02 Å². The molecule has 3 rings (SSSR count). The number of amides is 1. The van der Waals surface area contributed by atoms with Crippen LogP contribution in [0.4, 0.5) is 0 Å². The van der Waals surface area contributed by atoms with Gasteiger partial charge in [-0.2, -0.15) is 4.80 Å². The Kier molecular flexibility index (Phi) is 5.09. The molecule has 0 saturated carbocycles. The van der Waals surface area contributed by atoms with Gasteiger partial charge in [0.15, 0.2) is 0 Å². The molecule has 0 unspecified atom stereocenters. The van der Waals surface area contributed by atoms with Crippen molar-refractivity contribution in [3.8, 4) is 11.4 Å². The average Bonchev–Trinajstić information content (AvgIpc) is 3.03. The molecule has 1 aromatic heterocycles. The van der Waals surface area contributed by atoms with Gasteiger partial charge in [-0.05, 0) is 54.5 Å². The summed E-state index contributed by atoms with van der Waals surface area (Å²) in [7, 11) is 0. The molecule has 0 aliphatic heterocycles. The van der Waals surface area contributed by atoms with E-state index in [2.05, 4.69) is 26.8 Å². The van der Waals surface area contributed by atoms with Crippen molar-refractivity contribution in [2.75, 3.05) is 0 Å². The van der Waals surface area contributed by atoms with Crippen molar-refractivity contribution in [3.63, 3.8) is 0 Å². The van der Waals surface area contributed by atoms with Crippen LogP contribution in [0.5, 0.6) is 0 Å². The fourth-order valence-corrected chi connectivity index (χ4v) is 2.57. The van der Waals surface area contributed by atoms with Gasteiger partial charge in [-0.1, -0.05) is 35.4 Å². The van der Waals surface area contributed by atoms with Gasteiger partial charge >= 0.3 is 0 Å². The van der Waals surface area contributed by atoms with Crippen molar-refractivity contribution in [1.29, 1.82) is 0 Å². The molecule has 7 heteroatoms. The summed E-state index contributed by atoms with van der Waals surface area (Å²) in [6.45, 7) is 4.57. The third-order valence-corrected chi connectivity index (χ3v) is 4.07. The lowest BCUT2D eigenvalue weighted by Gasteiger charge is -2.08. The minimum Gasteiger partial charge on any atom is -0.350 e. The molecule has 25 heavy (non-hydrogen) atoms. The molecule has 2 aromatic carbocycles. The molecule has 0 atom stereocenters. The minimum atomic E-state index is -0.167. The maximum absolute atomic E-state index is 12.1. The second-order valence-electron chi connectivity index (χ2n) is 5.86. The van der Waals surface area contributed by atoms with Crippen LogP contribution >= 0.6 is 11.6 Å². The van der Waals surface area contributed by atoms with E-state index in [9.17, 15) is 4.79 Å². The lowest BCUT2D eigenvalue weighted by molar-refractivity contribution is -0.122. The van der Waals surface area contributed by atoms with Crippen molar-refractivity contribution in [2.24, 2.45) is 0 Å². The van der Waals surface area contributed by atoms with Crippen molar-refractivity contribution in [2.45, 2.75) is 26.9 Å². The number of aryl methyl sites for hydroxylation is 2. The van der Waals surface area contributed by atoms with E-state index in [0.29, 0.717) is 17.4 Å². The van der Waals surface area contributed by atoms with Gasteiger partial charge in [-0.15, -0.1) is 10.2 Å². The number of carbonyl (C=O) groups excluding carboxylic acids is 1. The molecular formula is C18H18ClN5O. The first-order chi connectivity index (χ1) is 12.0. The second-order valence-corrected chi connectivity index (χ2v) is 6.29. The van der Waals surface area contributed by atoms with Crippen LogP contribution in [0.15, 0.2) is 42.5 Å². The van der Waals surface area contributed by atoms with E-state index < -0.39 is 0 Å². The summed E-state index contributed by atoms with van der Waals surface area (Å²) in [4.78, 5) is 13.4. The predicted octanol–water partition coefficient (Wildman–Crippen LogP) is 2.93. The van der Waals surface area contributed by atoms with Gasteiger partial charge in [-0.25, -0.2) is 0 Å². The van der Waals surface area contributed by atoms with E-state index in [1.54, 1.807) is 12.1 Å². The fourth-order valence-electron chi connectivity index (χ4n) is 2.45. The van der Waals surface area contributed by atoms with Crippen LogP contribution in [0.1, 0.15) is 16.7 Å². The van der Waals surface area contributed by atoms with Crippen molar-refractivity contribution >= 4 is 17.5 Å². The summed E-state index contributed by atoms with van der Waals surface area (Å²) < 4.78 is 0. The Bertz CT molecular complexity index is 889. The first kappa shape index (κ1) is 17.1. The van der Waals surface area contributed by atoms with Crippen molar-refractivity contribution in [1.82, 2.24) is 25.5 Å². The monoisotopic (exact) mass is 355 g/mol. The van der Waals surface area contributed by atoms with Gasteiger partial charge < -0.3 is 5.32 Å². The minimum absolute atomic E-state index is 0.0193. The number of halogens is 1. The summed E-state index contributed by atoms with van der Waals surface area (Å²) in [6, 6.07) is 13.3. The molecule has 0 saturated heterocycles. The number of hydrogen-bond acceptors (Lipinski definition) is 4. The highest BCUT2D eigenvalue weighted by molar-refractivity contribution is 6.30. The molecule has 128 valence electrons. The Morgan fingerprint density at radius 3 is 2.64 bits per heavy atom. The summed E-state index contributed by atoms with van der Waals surface area (Å²) in [5.74, 6) is 0.291. The zero-order valence-corrected chi connectivity index (χ0v) is 14.8. The zero-order chi connectivity index (χ0) is 17.8. The largest absolute Gasteiger partial charge is 0.350 e. The van der Waals surface area contributed by atoms with Gasteiger partial charge in [0.1, 0.15) is 6.54 Å². The Morgan fingerprint density at radius 1 is 1.16 bits per heavy atom. The number of benzene rings is 2. The number of hydrogen-bond donors (Lipinski definition) is 1. The van der Waals surface area contributed by atoms with Gasteiger partial charge in [0, 0.05) is 17.1 Å². The topological polar surface area (TPSA) is 72.7 Å². The van der Waals surface area contributed by atoms with E-state index in [4.69, 9.17) is 11.6 Å². The van der Waals surface area contributed by atoms with Crippen LogP contribution in [0.25, 0.3) is 11.4 Å². The summed E-state index contributed by atoms with van der Waals surface area (Å²) >= 11 is 5.86. The molecular weight excluding hydrogens is 338 g/mol. The van der Waals surface area contributed by atoms with Gasteiger partial charge in [0.2, 0.25) is 11.7 Å². The molecule has 6 nitrogen and oxygen atoms in total. The van der Waals surface area contributed by atoms with Crippen molar-refractivity contribution < 1.29 is 4.79 Å². The third kappa shape index (κ3) is 4.42. The number of tetrazole rings is 1. The summed E-state index contributed by atoms with van der Waals surface area (Å²) in [5.41, 5.74) is 4.25. The second kappa shape index (κ2) is 7.44. The number of rotatable bonds is 5. The average molecular weight is 356 g/mol. The van der Waals surface area contributed by atoms with Crippen LogP contribution in [0, 0.1) is 13.8 Å². The molecule has 3 aromatic rings. The van der Waals surface area contributed by atoms with Gasteiger partial charge in [0.05, 0.1) is 0 Å². The molecule has 0 bridgehead atoms. The maximum Gasteiger partial charge on any atom is 0.243 e. The SMILES string of the molecule is Cc1ccc(CNC(=O)Cn2nnc(-c3ccc(Cl)cc3)n2)c(C)c1. The number of carbonyl (C=O) groups is 1. The quantitative estimate of drug-likeness (QED) is 0.763. The van der Waals surface area contributed by atoms with E-state index in [1.165, 1.54) is 10.4 Å². The third-order valence-electron chi connectivity index (χ3n) is 3.81. The van der Waals surface area contributed by atoms with E-state index in [0.717, 1.165) is 16.7 Å². The van der Waals surface area contributed by atoms with Crippen LogP contribution in [-0.2, 0) is 17.9 Å². The Balaban J connectivity index is 1.59. The molecule has 1 amide bonds. The molecule has 0 aliphatic carbocycles. The number of nitrogens with one attached hydrogen (secondary N) is 1. The van der Waals surface area contributed by atoms with Crippen LogP contribution in [0.3, 0.4) is 0 Å². The first-order valence-corrected chi connectivity index (χ1v) is 8.25. The molecule has 0 radical (unpaired) electrons. The fraction of sp³-hybridized carbons (Fsp3) is 0.222. The number of aromatic nitrogens is 4. The van der Waals surface area contributed by atoms with Gasteiger partial charge in [-0.3, -0.25) is 4.79 Å². The first-order valence-electron chi connectivity index (χ1n) is 7.88. The molecule has 1 heterocycles. The maximum atomic E-state index is 12.1. The molecule has 0 aliphatic rings. The van der Waals surface area contributed by atoms with E-state index in [1.807, 2.05) is 38.1 Å². The van der Waals surface area contributed by atoms with Crippen molar-refractivity contribution in [3.05, 3.63) is 64.2 Å². The number of nitrogens with zero attached hydrogens (tertiary/aromatic N) is 4. The summed E-state index contributed by atoms with van der Waals surface area (Å²) in [5, 5.41) is 15.6. The molecule has 0 spiro atoms. The van der Waals surface area contributed by atoms with E-state index >= 15 is 0 Å². The molecule has 0 fully saturated rings. The lowest BCUT2D eigenvalue weighted by atomic mass is 10.1.